The highest BCUT2D eigenvalue weighted by molar-refractivity contribution is 5.99. The molecule has 106 valence electrons. The predicted octanol–water partition coefficient (Wildman–Crippen LogP) is 2.07. The van der Waals surface area contributed by atoms with E-state index in [1.54, 1.807) is 0 Å². The van der Waals surface area contributed by atoms with Gasteiger partial charge in [0.05, 0.1) is 12.1 Å². The summed E-state index contributed by atoms with van der Waals surface area (Å²) in [6.45, 7) is 1.90. The third-order valence-electron chi connectivity index (χ3n) is 4.39. The Bertz CT molecular complexity index is 658. The van der Waals surface area contributed by atoms with Gasteiger partial charge in [-0.15, -0.1) is 0 Å². The molecule has 2 N–H and O–H groups in total. The number of aryl methyl sites for hydroxylation is 1. The first kappa shape index (κ1) is 13.2. The molecular weight excluding hydrogens is 252 g/mol. The summed E-state index contributed by atoms with van der Waals surface area (Å²) in [6, 6.07) is 9.82. The van der Waals surface area contributed by atoms with Gasteiger partial charge in [0.1, 0.15) is 5.69 Å². The first-order chi connectivity index (χ1) is 9.55. The number of aliphatic hydroxyl groups is 1. The molecule has 0 saturated heterocycles. The number of aliphatic hydroxyl groups excluding tert-OH is 1. The average molecular weight is 272 g/mol. The highest BCUT2D eigenvalue weighted by Gasteiger charge is 2.42. The molecule has 1 atom stereocenters. The summed E-state index contributed by atoms with van der Waals surface area (Å²) in [5, 5.41) is 13.6. The van der Waals surface area contributed by atoms with Crippen LogP contribution in [0.4, 0.5) is 0 Å². The van der Waals surface area contributed by atoms with Crippen molar-refractivity contribution in [3.63, 3.8) is 0 Å². The molecule has 3 rings (SSSR count). The molecule has 1 aromatic heterocycles. The smallest absolute Gasteiger partial charge is 0.268 e. The SMILES string of the molecule is Cn1c(C(=O)NC(C)(CO)C2CC2)cc2ccccc21. The largest absolute Gasteiger partial charge is 0.394 e. The summed E-state index contributed by atoms with van der Waals surface area (Å²) in [6.07, 6.45) is 2.15. The van der Waals surface area contributed by atoms with Crippen LogP contribution in [0.3, 0.4) is 0 Å². The van der Waals surface area contributed by atoms with Crippen LogP contribution >= 0.6 is 0 Å². The highest BCUT2D eigenvalue weighted by atomic mass is 16.3. The molecule has 4 heteroatoms. The molecule has 1 amide bonds. The fourth-order valence-corrected chi connectivity index (χ4v) is 2.82. The second-order valence-electron chi connectivity index (χ2n) is 5.95. The van der Waals surface area contributed by atoms with Gasteiger partial charge in [0.2, 0.25) is 0 Å². The van der Waals surface area contributed by atoms with E-state index in [2.05, 4.69) is 5.32 Å². The van der Waals surface area contributed by atoms with Crippen molar-refractivity contribution < 1.29 is 9.90 Å². The second-order valence-corrected chi connectivity index (χ2v) is 5.95. The minimum Gasteiger partial charge on any atom is -0.394 e. The van der Waals surface area contributed by atoms with E-state index in [1.807, 2.05) is 48.9 Å². The topological polar surface area (TPSA) is 54.3 Å². The molecule has 0 bridgehead atoms. The molecule has 1 aliphatic rings. The van der Waals surface area contributed by atoms with Gasteiger partial charge >= 0.3 is 0 Å². The summed E-state index contributed by atoms with van der Waals surface area (Å²) >= 11 is 0. The molecule has 0 aliphatic heterocycles. The van der Waals surface area contributed by atoms with E-state index in [1.165, 1.54) is 0 Å². The fraction of sp³-hybridized carbons (Fsp3) is 0.438. The van der Waals surface area contributed by atoms with Crippen molar-refractivity contribution in [3.05, 3.63) is 36.0 Å². The Labute approximate surface area is 118 Å². The number of carbonyl (C=O) groups is 1. The molecule has 1 aromatic carbocycles. The van der Waals surface area contributed by atoms with E-state index in [0.717, 1.165) is 23.7 Å². The Kier molecular flexibility index (Phi) is 3.05. The van der Waals surface area contributed by atoms with Crippen LogP contribution in [0.15, 0.2) is 30.3 Å². The zero-order chi connectivity index (χ0) is 14.3. The maximum absolute atomic E-state index is 12.5. The summed E-state index contributed by atoms with van der Waals surface area (Å²) in [5.41, 5.74) is 1.16. The van der Waals surface area contributed by atoms with Crippen molar-refractivity contribution in [1.82, 2.24) is 9.88 Å². The molecule has 20 heavy (non-hydrogen) atoms. The molecule has 4 nitrogen and oxygen atoms in total. The van der Waals surface area contributed by atoms with Gasteiger partial charge in [0.25, 0.3) is 5.91 Å². The van der Waals surface area contributed by atoms with Crippen LogP contribution in [-0.4, -0.2) is 27.7 Å². The molecule has 1 aliphatic carbocycles. The Morgan fingerprint density at radius 3 is 2.75 bits per heavy atom. The average Bonchev–Trinajstić information content (AvgIpc) is 3.25. The van der Waals surface area contributed by atoms with Crippen molar-refractivity contribution in [2.45, 2.75) is 25.3 Å². The highest BCUT2D eigenvalue weighted by Crippen LogP contribution is 2.39. The van der Waals surface area contributed by atoms with Crippen molar-refractivity contribution >= 4 is 16.8 Å². The van der Waals surface area contributed by atoms with Gasteiger partial charge in [0.15, 0.2) is 0 Å². The maximum Gasteiger partial charge on any atom is 0.268 e. The maximum atomic E-state index is 12.5. The minimum absolute atomic E-state index is 0.0205. The molecule has 0 spiro atoms. The number of benzene rings is 1. The van der Waals surface area contributed by atoms with E-state index in [9.17, 15) is 9.90 Å². The van der Waals surface area contributed by atoms with E-state index in [4.69, 9.17) is 0 Å². The van der Waals surface area contributed by atoms with Gasteiger partial charge in [-0.05, 0) is 37.8 Å². The van der Waals surface area contributed by atoms with Crippen LogP contribution in [0.2, 0.25) is 0 Å². The second kappa shape index (κ2) is 4.63. The van der Waals surface area contributed by atoms with Crippen molar-refractivity contribution in [1.29, 1.82) is 0 Å². The van der Waals surface area contributed by atoms with Crippen LogP contribution in [0.1, 0.15) is 30.3 Å². The summed E-state index contributed by atoms with van der Waals surface area (Å²) in [4.78, 5) is 12.5. The molecule has 2 aromatic rings. The number of aromatic nitrogens is 1. The van der Waals surface area contributed by atoms with Gasteiger partial charge in [0, 0.05) is 18.0 Å². The lowest BCUT2D eigenvalue weighted by Gasteiger charge is -2.28. The van der Waals surface area contributed by atoms with E-state index < -0.39 is 5.54 Å². The number of nitrogens with zero attached hydrogens (tertiary/aromatic N) is 1. The first-order valence-electron chi connectivity index (χ1n) is 7.03. The van der Waals surface area contributed by atoms with Gasteiger partial charge in [-0.1, -0.05) is 18.2 Å². The zero-order valence-electron chi connectivity index (χ0n) is 11.9. The summed E-state index contributed by atoms with van der Waals surface area (Å²) in [5.74, 6) is 0.276. The quantitative estimate of drug-likeness (QED) is 0.895. The third kappa shape index (κ3) is 2.10. The van der Waals surface area contributed by atoms with Crippen molar-refractivity contribution in [3.8, 4) is 0 Å². The predicted molar refractivity (Wildman–Crippen MR) is 78.6 cm³/mol. The Hall–Kier alpha value is -1.81. The Morgan fingerprint density at radius 2 is 2.15 bits per heavy atom. The number of rotatable bonds is 4. The van der Waals surface area contributed by atoms with Crippen LogP contribution in [0, 0.1) is 5.92 Å². The first-order valence-corrected chi connectivity index (χ1v) is 7.03. The fourth-order valence-electron chi connectivity index (χ4n) is 2.82. The number of fused-ring (bicyclic) bond motifs is 1. The van der Waals surface area contributed by atoms with Gasteiger partial charge in [-0.25, -0.2) is 0 Å². The molecular formula is C16H20N2O2. The number of para-hydroxylation sites is 1. The number of amides is 1. The Balaban J connectivity index is 1.90. The molecule has 1 heterocycles. The number of hydrogen-bond donors (Lipinski definition) is 2. The number of hydrogen-bond acceptors (Lipinski definition) is 2. The molecule has 1 unspecified atom stereocenters. The molecule has 0 radical (unpaired) electrons. The van der Waals surface area contributed by atoms with E-state index >= 15 is 0 Å². The van der Waals surface area contributed by atoms with Crippen LogP contribution < -0.4 is 5.32 Å². The van der Waals surface area contributed by atoms with Crippen molar-refractivity contribution in [2.24, 2.45) is 13.0 Å². The lowest BCUT2D eigenvalue weighted by Crippen LogP contribution is -2.51. The number of nitrogens with one attached hydrogen (secondary N) is 1. The van der Waals surface area contributed by atoms with Gasteiger partial charge in [-0.2, -0.15) is 0 Å². The summed E-state index contributed by atoms with van der Waals surface area (Å²) in [7, 11) is 1.89. The molecule has 1 fully saturated rings. The molecule has 1 saturated carbocycles. The minimum atomic E-state index is -0.506. The lowest BCUT2D eigenvalue weighted by atomic mass is 9.97. The van der Waals surface area contributed by atoms with Crippen LogP contribution in [0.5, 0.6) is 0 Å². The standard InChI is InChI=1S/C16H20N2O2/c1-16(10-19,12-7-8-12)17-15(20)14-9-11-5-3-4-6-13(11)18(14)2/h3-6,9,12,19H,7-8,10H2,1-2H3,(H,17,20). The monoisotopic (exact) mass is 272 g/mol. The van der Waals surface area contributed by atoms with E-state index in [0.29, 0.717) is 11.6 Å². The number of carbonyl (C=O) groups excluding carboxylic acids is 1. The zero-order valence-corrected chi connectivity index (χ0v) is 11.9. The normalized spacial score (nSPS) is 17.9. The van der Waals surface area contributed by atoms with Crippen molar-refractivity contribution in [2.75, 3.05) is 6.61 Å². The Morgan fingerprint density at radius 1 is 1.45 bits per heavy atom. The lowest BCUT2D eigenvalue weighted by molar-refractivity contribution is 0.0817. The van der Waals surface area contributed by atoms with E-state index in [-0.39, 0.29) is 12.5 Å². The third-order valence-corrected chi connectivity index (χ3v) is 4.39. The van der Waals surface area contributed by atoms with Crippen LogP contribution in [0.25, 0.3) is 10.9 Å². The van der Waals surface area contributed by atoms with Crippen LogP contribution in [-0.2, 0) is 7.05 Å². The van der Waals surface area contributed by atoms with Gasteiger partial charge < -0.3 is 15.0 Å². The summed E-state index contributed by atoms with van der Waals surface area (Å²) < 4.78 is 1.90. The van der Waals surface area contributed by atoms with Gasteiger partial charge in [-0.3, -0.25) is 4.79 Å².